The van der Waals surface area contributed by atoms with Crippen molar-refractivity contribution >= 4 is 5.97 Å². The maximum Gasteiger partial charge on any atom is 0.311 e. The summed E-state index contributed by atoms with van der Waals surface area (Å²) < 4.78 is 5.84. The van der Waals surface area contributed by atoms with Crippen molar-refractivity contribution in [3.05, 3.63) is 47.1 Å². The van der Waals surface area contributed by atoms with Crippen molar-refractivity contribution in [3.8, 4) is 11.5 Å². The Morgan fingerprint density at radius 1 is 1.31 bits per heavy atom. The summed E-state index contributed by atoms with van der Waals surface area (Å²) in [4.78, 5) is 12.5. The molecule has 0 fully saturated rings. The van der Waals surface area contributed by atoms with E-state index in [4.69, 9.17) is 4.74 Å². The van der Waals surface area contributed by atoms with Gasteiger partial charge < -0.3 is 9.84 Å². The van der Waals surface area contributed by atoms with Gasteiger partial charge in [-0.15, -0.1) is 0 Å². The first-order valence-corrected chi connectivity index (χ1v) is 11.1. The van der Waals surface area contributed by atoms with Crippen molar-refractivity contribution in [3.63, 3.8) is 0 Å². The molecule has 0 saturated heterocycles. The Morgan fingerprint density at radius 2 is 2.03 bits per heavy atom. The lowest BCUT2D eigenvalue weighted by Gasteiger charge is -2.32. The maximum absolute atomic E-state index is 12.5. The van der Waals surface area contributed by atoms with E-state index in [0.29, 0.717) is 12.2 Å². The van der Waals surface area contributed by atoms with Crippen molar-refractivity contribution in [2.45, 2.75) is 85.5 Å². The van der Waals surface area contributed by atoms with Crippen LogP contribution in [0.3, 0.4) is 0 Å². The monoisotopic (exact) mass is 398 g/mol. The van der Waals surface area contributed by atoms with Gasteiger partial charge in [0.25, 0.3) is 0 Å². The Kier molecular flexibility index (Phi) is 8.55. The molecule has 0 amide bonds. The predicted molar refractivity (Wildman–Crippen MR) is 120 cm³/mol. The number of ether oxygens (including phenoxy) is 1. The number of carbonyl (C=O) groups is 1. The summed E-state index contributed by atoms with van der Waals surface area (Å²) in [7, 11) is 0. The highest BCUT2D eigenvalue weighted by atomic mass is 16.5. The fourth-order valence-electron chi connectivity index (χ4n) is 4.21. The van der Waals surface area contributed by atoms with Crippen LogP contribution >= 0.6 is 0 Å². The molecule has 160 valence electrons. The number of unbranched alkanes of at least 4 members (excludes halogenated alkanes) is 2. The molecule has 29 heavy (non-hydrogen) atoms. The normalized spacial score (nSPS) is 19.2. The van der Waals surface area contributed by atoms with Gasteiger partial charge in [0.2, 0.25) is 0 Å². The average Bonchev–Trinajstić information content (AvgIpc) is 2.60. The van der Waals surface area contributed by atoms with Crippen molar-refractivity contribution in [1.82, 2.24) is 0 Å². The van der Waals surface area contributed by atoms with Gasteiger partial charge in [-0.1, -0.05) is 57.4 Å². The molecular formula is C26H38O3. The number of hydrogen-bond donors (Lipinski definition) is 1. The van der Waals surface area contributed by atoms with E-state index in [9.17, 15) is 9.90 Å². The number of phenolic OH excluding ortho intramolecular Hbond substituents is 1. The fourth-order valence-corrected chi connectivity index (χ4v) is 4.21. The number of allylic oxidation sites excluding steroid dienone is 3. The Bertz CT molecular complexity index is 757. The minimum Gasteiger partial charge on any atom is -0.507 e. The van der Waals surface area contributed by atoms with Gasteiger partial charge in [-0.25, -0.2) is 0 Å². The summed E-state index contributed by atoms with van der Waals surface area (Å²) in [5.74, 6) is 0.950. The van der Waals surface area contributed by atoms with E-state index in [-0.39, 0.29) is 29.5 Å². The molecule has 1 aromatic carbocycles. The second-order valence-electron chi connectivity index (χ2n) is 9.09. The molecule has 1 N–H and O–H groups in total. The Morgan fingerprint density at radius 3 is 2.66 bits per heavy atom. The second kappa shape index (κ2) is 10.7. The van der Waals surface area contributed by atoms with Crippen molar-refractivity contribution in [1.29, 1.82) is 0 Å². The molecule has 0 spiro atoms. The molecule has 3 heteroatoms. The first-order chi connectivity index (χ1) is 13.7. The lowest BCUT2D eigenvalue weighted by atomic mass is 9.73. The topological polar surface area (TPSA) is 46.5 Å². The van der Waals surface area contributed by atoms with Gasteiger partial charge in [-0.05, 0) is 69.1 Å². The molecular weight excluding hydrogens is 360 g/mol. The molecule has 0 bridgehead atoms. The standard InChI is InChI=1S/C26H38O3/c1-7-8-9-10-20-15-23(27)26(24(16-20)29-25(28)13-17(2)3)22-14-19(6)11-12-21(22)18(4)5/h14-17,21-22,27H,4,7-13H2,1-3,5-6H3/t21-,22+/m0/s1. The van der Waals surface area contributed by atoms with Crippen LogP contribution in [0.2, 0.25) is 0 Å². The number of esters is 1. The van der Waals surface area contributed by atoms with Crippen LogP contribution in [0.4, 0.5) is 0 Å². The lowest BCUT2D eigenvalue weighted by Crippen LogP contribution is -2.19. The highest BCUT2D eigenvalue weighted by molar-refractivity contribution is 5.74. The van der Waals surface area contributed by atoms with Gasteiger partial charge in [0.15, 0.2) is 0 Å². The number of hydrogen-bond acceptors (Lipinski definition) is 3. The quantitative estimate of drug-likeness (QED) is 0.209. The summed E-state index contributed by atoms with van der Waals surface area (Å²) >= 11 is 0. The molecule has 0 aliphatic heterocycles. The summed E-state index contributed by atoms with van der Waals surface area (Å²) in [6.45, 7) is 14.5. The molecule has 2 atom stereocenters. The van der Waals surface area contributed by atoms with Gasteiger partial charge in [0.05, 0.1) is 0 Å². The van der Waals surface area contributed by atoms with Crippen molar-refractivity contribution in [2.24, 2.45) is 11.8 Å². The molecule has 0 radical (unpaired) electrons. The lowest BCUT2D eigenvalue weighted by molar-refractivity contribution is -0.135. The number of aromatic hydroxyl groups is 1. The summed E-state index contributed by atoms with van der Waals surface area (Å²) in [5.41, 5.74) is 4.16. The number of phenols is 1. The third-order valence-electron chi connectivity index (χ3n) is 5.76. The van der Waals surface area contributed by atoms with Crippen LogP contribution < -0.4 is 4.74 Å². The number of carbonyl (C=O) groups excluding carboxylic acids is 1. The fraction of sp³-hybridized carbons (Fsp3) is 0.577. The zero-order valence-corrected chi connectivity index (χ0v) is 18.9. The molecule has 1 aromatic rings. The van der Waals surface area contributed by atoms with Crippen LogP contribution in [0.15, 0.2) is 35.9 Å². The van der Waals surface area contributed by atoms with Crippen LogP contribution in [0.25, 0.3) is 0 Å². The van der Waals surface area contributed by atoms with Crippen molar-refractivity contribution in [2.75, 3.05) is 0 Å². The van der Waals surface area contributed by atoms with Crippen LogP contribution in [0, 0.1) is 11.8 Å². The summed E-state index contributed by atoms with van der Waals surface area (Å²) in [5, 5.41) is 11.0. The highest BCUT2D eigenvalue weighted by Gasteiger charge is 2.31. The van der Waals surface area contributed by atoms with E-state index < -0.39 is 0 Å². The SMILES string of the molecule is C=C(C)[C@@H]1CCC(C)=C[C@H]1c1c(O)cc(CCCCC)cc1OC(=O)CC(C)C. The minimum atomic E-state index is -0.241. The highest BCUT2D eigenvalue weighted by Crippen LogP contribution is 2.47. The van der Waals surface area contributed by atoms with Gasteiger partial charge in [0.1, 0.15) is 11.5 Å². The predicted octanol–water partition coefficient (Wildman–Crippen LogP) is 7.09. The van der Waals surface area contributed by atoms with Crippen molar-refractivity contribution < 1.29 is 14.6 Å². The van der Waals surface area contributed by atoms with Gasteiger partial charge in [0, 0.05) is 17.9 Å². The van der Waals surface area contributed by atoms with E-state index in [2.05, 4.69) is 26.5 Å². The molecule has 0 heterocycles. The second-order valence-corrected chi connectivity index (χ2v) is 9.09. The van der Waals surface area contributed by atoms with E-state index in [0.717, 1.165) is 55.2 Å². The number of benzene rings is 1. The van der Waals surface area contributed by atoms with Gasteiger partial charge in [-0.2, -0.15) is 0 Å². The van der Waals surface area contributed by atoms with Crippen LogP contribution in [-0.2, 0) is 11.2 Å². The average molecular weight is 399 g/mol. The largest absolute Gasteiger partial charge is 0.507 e. The molecule has 0 aromatic heterocycles. The Hall–Kier alpha value is -2.03. The van der Waals surface area contributed by atoms with Gasteiger partial charge in [-0.3, -0.25) is 4.79 Å². The smallest absolute Gasteiger partial charge is 0.311 e. The number of aryl methyl sites for hydroxylation is 1. The number of rotatable bonds is 9. The van der Waals surface area contributed by atoms with E-state index in [1.165, 1.54) is 5.57 Å². The zero-order valence-electron chi connectivity index (χ0n) is 18.9. The van der Waals surface area contributed by atoms with Crippen LogP contribution in [0.5, 0.6) is 11.5 Å². The molecule has 1 aliphatic carbocycles. The van der Waals surface area contributed by atoms with E-state index in [1.54, 1.807) is 0 Å². The molecule has 2 rings (SSSR count). The molecule has 0 unspecified atom stereocenters. The Balaban J connectivity index is 2.48. The summed E-state index contributed by atoms with van der Waals surface area (Å²) in [6.07, 6.45) is 8.84. The first kappa shape index (κ1) is 23.3. The van der Waals surface area contributed by atoms with Gasteiger partial charge >= 0.3 is 5.97 Å². The minimum absolute atomic E-state index is 0.0206. The van der Waals surface area contributed by atoms with E-state index >= 15 is 0 Å². The third-order valence-corrected chi connectivity index (χ3v) is 5.76. The van der Waals surface area contributed by atoms with Crippen LogP contribution in [-0.4, -0.2) is 11.1 Å². The molecule has 0 saturated carbocycles. The van der Waals surface area contributed by atoms with E-state index in [1.807, 2.05) is 32.9 Å². The molecule has 1 aliphatic rings. The summed E-state index contributed by atoms with van der Waals surface area (Å²) in [6, 6.07) is 3.83. The maximum atomic E-state index is 12.5. The third kappa shape index (κ3) is 6.48. The first-order valence-electron chi connectivity index (χ1n) is 11.1. The zero-order chi connectivity index (χ0) is 21.6. The van der Waals surface area contributed by atoms with Crippen LogP contribution in [0.1, 0.15) is 90.2 Å². The molecule has 3 nitrogen and oxygen atoms in total. The Labute approximate surface area is 176 Å².